The third-order valence-corrected chi connectivity index (χ3v) is 2.56. The largest absolute Gasteiger partial charge is 0.430 e. The number of rotatable bonds is 3. The van der Waals surface area contributed by atoms with Crippen molar-refractivity contribution in [3.05, 3.63) is 41.1 Å². The molecule has 1 aromatic rings. The summed E-state index contributed by atoms with van der Waals surface area (Å²) in [6.45, 7) is 0.142. The fourth-order valence-electron chi connectivity index (χ4n) is 1.63. The van der Waals surface area contributed by atoms with Crippen LogP contribution in [0.2, 0.25) is 0 Å². The Morgan fingerprint density at radius 3 is 2.53 bits per heavy atom. The van der Waals surface area contributed by atoms with Crippen LogP contribution < -0.4 is 11.1 Å². The minimum atomic E-state index is -4.29. The minimum Gasteiger partial charge on any atom is -0.399 e. The highest BCUT2D eigenvalue weighted by Gasteiger charge is 2.38. The number of nitrogen functional groups attached to an aromatic ring is 1. The summed E-state index contributed by atoms with van der Waals surface area (Å²) in [7, 11) is 0. The van der Waals surface area contributed by atoms with Gasteiger partial charge in [-0.15, -0.1) is 0 Å². The Morgan fingerprint density at radius 2 is 2.00 bits per heavy atom. The predicted molar refractivity (Wildman–Crippen MR) is 60.0 cm³/mol. The Balaban J connectivity index is 2.05. The van der Waals surface area contributed by atoms with E-state index in [1.165, 1.54) is 0 Å². The molecule has 0 aliphatic heterocycles. The van der Waals surface area contributed by atoms with Gasteiger partial charge >= 0.3 is 6.18 Å². The van der Waals surface area contributed by atoms with Crippen LogP contribution in [0.1, 0.15) is 18.4 Å². The van der Waals surface area contributed by atoms with Crippen LogP contribution in [-0.2, 0) is 6.54 Å². The van der Waals surface area contributed by atoms with Crippen molar-refractivity contribution in [3.8, 4) is 0 Å². The van der Waals surface area contributed by atoms with Crippen molar-refractivity contribution >= 4 is 5.69 Å². The number of hydrogen-bond acceptors (Lipinski definition) is 2. The van der Waals surface area contributed by atoms with E-state index in [4.69, 9.17) is 5.73 Å². The lowest BCUT2D eigenvalue weighted by Crippen LogP contribution is -2.26. The number of nitrogens with one attached hydrogen (secondary N) is 1. The molecule has 0 spiro atoms. The number of hydrogen-bond donors (Lipinski definition) is 2. The smallest absolute Gasteiger partial charge is 0.399 e. The van der Waals surface area contributed by atoms with Crippen LogP contribution in [0.5, 0.6) is 0 Å². The fraction of sp³-hybridized carbons (Fsp3) is 0.333. The Hall–Kier alpha value is -1.65. The second kappa shape index (κ2) is 4.31. The average Bonchev–Trinajstić information content (AvgIpc) is 3.00. The van der Waals surface area contributed by atoms with Crippen LogP contribution in [0.4, 0.5) is 18.9 Å². The molecule has 0 heterocycles. The standard InChI is InChI=1S/C12H13F3N2/c13-12(14,15)11(9-4-5-9)17-7-8-2-1-3-10(16)6-8/h1-3,6,17H,4-5,7,16H2. The summed E-state index contributed by atoms with van der Waals surface area (Å²) >= 11 is 0. The van der Waals surface area contributed by atoms with Gasteiger partial charge in [0.25, 0.3) is 0 Å². The van der Waals surface area contributed by atoms with E-state index in [1.54, 1.807) is 24.3 Å². The molecule has 1 aliphatic rings. The molecule has 0 saturated heterocycles. The summed E-state index contributed by atoms with van der Waals surface area (Å²) < 4.78 is 37.9. The lowest BCUT2D eigenvalue weighted by atomic mass is 10.2. The maximum absolute atomic E-state index is 12.6. The van der Waals surface area contributed by atoms with Gasteiger partial charge in [0.1, 0.15) is 5.70 Å². The topological polar surface area (TPSA) is 38.0 Å². The van der Waals surface area contributed by atoms with Gasteiger partial charge < -0.3 is 11.1 Å². The van der Waals surface area contributed by atoms with E-state index in [9.17, 15) is 13.2 Å². The molecule has 1 saturated carbocycles. The van der Waals surface area contributed by atoms with Gasteiger partial charge in [-0.3, -0.25) is 0 Å². The summed E-state index contributed by atoms with van der Waals surface area (Å²) in [4.78, 5) is 0. The van der Waals surface area contributed by atoms with Gasteiger partial charge in [0.2, 0.25) is 0 Å². The quantitative estimate of drug-likeness (QED) is 0.800. The first-order chi connectivity index (χ1) is 7.97. The van der Waals surface area contributed by atoms with Gasteiger partial charge in [-0.05, 0) is 36.1 Å². The van der Waals surface area contributed by atoms with Crippen LogP contribution in [0.25, 0.3) is 0 Å². The number of halogens is 3. The molecule has 5 heteroatoms. The van der Waals surface area contributed by atoms with Crippen LogP contribution >= 0.6 is 0 Å². The maximum Gasteiger partial charge on any atom is 0.430 e. The van der Waals surface area contributed by atoms with Crippen LogP contribution in [0.15, 0.2) is 35.5 Å². The van der Waals surface area contributed by atoms with Gasteiger partial charge in [0.05, 0.1) is 0 Å². The normalized spacial score (nSPS) is 14.6. The highest BCUT2D eigenvalue weighted by molar-refractivity contribution is 5.40. The Kier molecular flexibility index (Phi) is 3.00. The molecular formula is C12H13F3N2. The lowest BCUT2D eigenvalue weighted by molar-refractivity contribution is -0.0973. The van der Waals surface area contributed by atoms with Gasteiger partial charge in [0.15, 0.2) is 0 Å². The van der Waals surface area contributed by atoms with Crippen molar-refractivity contribution in [2.45, 2.75) is 25.6 Å². The van der Waals surface area contributed by atoms with Gasteiger partial charge in [-0.25, -0.2) is 0 Å². The summed E-state index contributed by atoms with van der Waals surface area (Å²) in [5, 5.41) is 2.46. The maximum atomic E-state index is 12.6. The van der Waals surface area contributed by atoms with Crippen molar-refractivity contribution in [1.29, 1.82) is 0 Å². The van der Waals surface area contributed by atoms with Gasteiger partial charge in [0, 0.05) is 12.2 Å². The molecule has 0 atom stereocenters. The molecule has 0 unspecified atom stereocenters. The minimum absolute atomic E-state index is 0.142. The first-order valence-corrected chi connectivity index (χ1v) is 5.34. The van der Waals surface area contributed by atoms with E-state index in [0.717, 1.165) is 5.56 Å². The van der Waals surface area contributed by atoms with Crippen LogP contribution in [-0.4, -0.2) is 6.18 Å². The molecule has 0 bridgehead atoms. The van der Waals surface area contributed by atoms with E-state index >= 15 is 0 Å². The molecule has 1 aliphatic carbocycles. The Bertz CT molecular complexity index is 443. The van der Waals surface area contributed by atoms with Gasteiger partial charge in [-0.1, -0.05) is 12.1 Å². The number of benzene rings is 1. The number of allylic oxidation sites excluding steroid dienone is 2. The fourth-order valence-corrected chi connectivity index (χ4v) is 1.63. The Labute approximate surface area is 97.3 Å². The summed E-state index contributed by atoms with van der Waals surface area (Å²) in [5.74, 6) is 0. The number of nitrogens with two attached hydrogens (primary N) is 1. The molecule has 17 heavy (non-hydrogen) atoms. The molecule has 92 valence electrons. The van der Waals surface area contributed by atoms with E-state index in [1.807, 2.05) is 0 Å². The number of anilines is 1. The molecule has 0 amide bonds. The van der Waals surface area contributed by atoms with Crippen molar-refractivity contribution in [1.82, 2.24) is 5.32 Å². The van der Waals surface area contributed by atoms with E-state index in [2.05, 4.69) is 5.32 Å². The first-order valence-electron chi connectivity index (χ1n) is 5.34. The second-order valence-electron chi connectivity index (χ2n) is 4.07. The van der Waals surface area contributed by atoms with Crippen molar-refractivity contribution in [2.75, 3.05) is 5.73 Å². The van der Waals surface area contributed by atoms with E-state index < -0.39 is 11.9 Å². The van der Waals surface area contributed by atoms with E-state index in [0.29, 0.717) is 24.1 Å². The van der Waals surface area contributed by atoms with Gasteiger partial charge in [-0.2, -0.15) is 13.2 Å². The summed E-state index contributed by atoms with van der Waals surface area (Å²) in [6.07, 6.45) is -3.20. The molecule has 2 rings (SSSR count). The van der Waals surface area contributed by atoms with Crippen molar-refractivity contribution in [2.24, 2.45) is 0 Å². The zero-order valence-corrected chi connectivity index (χ0v) is 9.14. The molecule has 1 fully saturated rings. The van der Waals surface area contributed by atoms with Crippen LogP contribution in [0, 0.1) is 0 Å². The highest BCUT2D eigenvalue weighted by atomic mass is 19.4. The highest BCUT2D eigenvalue weighted by Crippen LogP contribution is 2.38. The van der Waals surface area contributed by atoms with Crippen LogP contribution in [0.3, 0.4) is 0 Å². The molecular weight excluding hydrogens is 229 g/mol. The monoisotopic (exact) mass is 242 g/mol. The third kappa shape index (κ3) is 3.15. The van der Waals surface area contributed by atoms with Crippen molar-refractivity contribution < 1.29 is 13.2 Å². The summed E-state index contributed by atoms with van der Waals surface area (Å²) in [6, 6.07) is 6.84. The number of alkyl halides is 3. The molecule has 2 nitrogen and oxygen atoms in total. The SMILES string of the molecule is Nc1cccc(CNC(=C2CC2)C(F)(F)F)c1. The zero-order valence-electron chi connectivity index (χ0n) is 9.14. The second-order valence-corrected chi connectivity index (χ2v) is 4.07. The zero-order chi connectivity index (χ0) is 12.5. The average molecular weight is 242 g/mol. The molecule has 1 aromatic carbocycles. The lowest BCUT2D eigenvalue weighted by Gasteiger charge is -2.14. The third-order valence-electron chi connectivity index (χ3n) is 2.56. The van der Waals surface area contributed by atoms with E-state index in [-0.39, 0.29) is 6.54 Å². The summed E-state index contributed by atoms with van der Waals surface area (Å²) in [5.41, 5.74) is 6.73. The predicted octanol–water partition coefficient (Wildman–Crippen LogP) is 2.97. The molecule has 0 aromatic heterocycles. The Morgan fingerprint density at radius 1 is 1.29 bits per heavy atom. The molecule has 0 radical (unpaired) electrons. The van der Waals surface area contributed by atoms with Crippen molar-refractivity contribution in [3.63, 3.8) is 0 Å². The first kappa shape index (κ1) is 11.8. The molecule has 3 N–H and O–H groups in total.